The molecule has 0 atom stereocenters. The molecule has 0 spiro atoms. The van der Waals surface area contributed by atoms with Crippen molar-refractivity contribution in [2.75, 3.05) is 27.2 Å². The average molecular weight is 341 g/mol. The molecule has 1 amide bonds. The minimum Gasteiger partial charge on any atom is -0.357 e. The average Bonchev–Trinajstić information content (AvgIpc) is 3.13. The molecule has 0 aliphatic rings. The largest absolute Gasteiger partial charge is 0.357 e. The van der Waals surface area contributed by atoms with E-state index in [2.05, 4.69) is 20.2 Å². The zero-order chi connectivity index (χ0) is 18.1. The first-order chi connectivity index (χ1) is 12.1. The Kier molecular flexibility index (Phi) is 7.07. The van der Waals surface area contributed by atoms with Gasteiger partial charge in [0.25, 0.3) is 5.91 Å². The number of hydrogen-bond acceptors (Lipinski definition) is 2. The van der Waals surface area contributed by atoms with E-state index in [0.29, 0.717) is 12.1 Å². The molecule has 1 aromatic heterocycles. The van der Waals surface area contributed by atoms with Crippen LogP contribution in [0.2, 0.25) is 0 Å². The van der Waals surface area contributed by atoms with Crippen molar-refractivity contribution < 1.29 is 4.79 Å². The molecular weight excluding hydrogens is 314 g/mol. The van der Waals surface area contributed by atoms with Crippen LogP contribution < -0.4 is 10.6 Å². The molecule has 2 N–H and O–H groups in total. The molecule has 1 aromatic carbocycles. The van der Waals surface area contributed by atoms with Gasteiger partial charge in [-0.25, -0.2) is 4.99 Å². The van der Waals surface area contributed by atoms with Crippen LogP contribution in [0.1, 0.15) is 22.8 Å². The Balaban J connectivity index is 1.90. The molecule has 134 valence electrons. The van der Waals surface area contributed by atoms with E-state index in [1.165, 1.54) is 0 Å². The van der Waals surface area contributed by atoms with Crippen LogP contribution in [0.4, 0.5) is 0 Å². The van der Waals surface area contributed by atoms with Crippen molar-refractivity contribution in [3.63, 3.8) is 0 Å². The number of carbonyl (C=O) groups is 1. The number of nitrogens with one attached hydrogen (secondary N) is 2. The fourth-order valence-electron chi connectivity index (χ4n) is 2.35. The van der Waals surface area contributed by atoms with Crippen molar-refractivity contribution in [2.24, 2.45) is 4.99 Å². The summed E-state index contributed by atoms with van der Waals surface area (Å²) < 4.78 is 2.12. The Labute approximate surface area is 149 Å². The predicted octanol–water partition coefficient (Wildman–Crippen LogP) is 1.95. The zero-order valence-electron chi connectivity index (χ0n) is 15.2. The second-order valence-corrected chi connectivity index (χ2v) is 5.94. The first-order valence-electron chi connectivity index (χ1n) is 8.53. The van der Waals surface area contributed by atoms with E-state index in [1.807, 2.05) is 55.7 Å². The highest BCUT2D eigenvalue weighted by Crippen LogP contribution is 2.07. The molecule has 0 aliphatic heterocycles. The van der Waals surface area contributed by atoms with Gasteiger partial charge in [-0.2, -0.15) is 0 Å². The maximum atomic E-state index is 11.9. The lowest BCUT2D eigenvalue weighted by atomic mass is 10.1. The van der Waals surface area contributed by atoms with Crippen molar-refractivity contribution in [2.45, 2.75) is 20.0 Å². The predicted molar refractivity (Wildman–Crippen MR) is 102 cm³/mol. The summed E-state index contributed by atoms with van der Waals surface area (Å²) in [5.41, 5.74) is 1.76. The van der Waals surface area contributed by atoms with E-state index < -0.39 is 0 Å². The molecular formula is C19H27N5O. The lowest BCUT2D eigenvalue weighted by Gasteiger charge is -2.12. The molecule has 1 heterocycles. The molecule has 0 radical (unpaired) electrons. The fourth-order valence-corrected chi connectivity index (χ4v) is 2.35. The summed E-state index contributed by atoms with van der Waals surface area (Å²) in [6.45, 7) is 5.11. The molecule has 2 aromatic rings. The van der Waals surface area contributed by atoms with E-state index in [4.69, 9.17) is 0 Å². The number of aromatic nitrogens is 1. The molecule has 0 saturated carbocycles. The number of aliphatic imine (C=N–C) groups is 1. The number of benzene rings is 1. The summed E-state index contributed by atoms with van der Waals surface area (Å²) in [5.74, 6) is 0.804. The standard InChI is InChI=1S/C19H27N5O/c1-4-20-19(21-11-14-24-12-5-6-13-24)22-15-16-7-9-17(10-8-16)18(25)23(2)3/h5-10,12-13H,4,11,14-15H2,1-3H3,(H2,20,21,22). The molecule has 0 bridgehead atoms. The SMILES string of the molecule is CCNC(=NCc1ccc(C(=O)N(C)C)cc1)NCCn1cccc1. The Bertz CT molecular complexity index is 674. The summed E-state index contributed by atoms with van der Waals surface area (Å²) in [4.78, 5) is 18.1. The Morgan fingerprint density at radius 2 is 1.80 bits per heavy atom. The second-order valence-electron chi connectivity index (χ2n) is 5.94. The Morgan fingerprint density at radius 3 is 2.40 bits per heavy atom. The van der Waals surface area contributed by atoms with Crippen molar-refractivity contribution in [3.05, 3.63) is 59.9 Å². The normalized spacial score (nSPS) is 11.2. The third-order valence-corrected chi connectivity index (χ3v) is 3.70. The lowest BCUT2D eigenvalue weighted by molar-refractivity contribution is 0.0827. The summed E-state index contributed by atoms with van der Waals surface area (Å²) in [6, 6.07) is 11.6. The van der Waals surface area contributed by atoms with Crippen LogP contribution in [0.3, 0.4) is 0 Å². The smallest absolute Gasteiger partial charge is 0.253 e. The zero-order valence-corrected chi connectivity index (χ0v) is 15.2. The molecule has 0 saturated heterocycles. The third-order valence-electron chi connectivity index (χ3n) is 3.70. The number of carbonyl (C=O) groups excluding carboxylic acids is 1. The third kappa shape index (κ3) is 5.99. The van der Waals surface area contributed by atoms with Gasteiger partial charge in [0.15, 0.2) is 5.96 Å². The van der Waals surface area contributed by atoms with E-state index in [0.717, 1.165) is 31.2 Å². The van der Waals surface area contributed by atoms with Crippen LogP contribution in [-0.2, 0) is 13.1 Å². The van der Waals surface area contributed by atoms with Gasteiger partial charge in [0.05, 0.1) is 6.54 Å². The lowest BCUT2D eigenvalue weighted by Crippen LogP contribution is -2.38. The number of guanidine groups is 1. The van der Waals surface area contributed by atoms with Gasteiger partial charge >= 0.3 is 0 Å². The van der Waals surface area contributed by atoms with Gasteiger partial charge in [-0.15, -0.1) is 0 Å². The van der Waals surface area contributed by atoms with Gasteiger partial charge in [0.1, 0.15) is 0 Å². The Morgan fingerprint density at radius 1 is 1.12 bits per heavy atom. The minimum absolute atomic E-state index is 0.00932. The van der Waals surface area contributed by atoms with E-state index in [9.17, 15) is 4.79 Å². The second kappa shape index (κ2) is 9.52. The number of amides is 1. The highest BCUT2D eigenvalue weighted by molar-refractivity contribution is 5.93. The van der Waals surface area contributed by atoms with Crippen molar-refractivity contribution >= 4 is 11.9 Å². The van der Waals surface area contributed by atoms with Gasteiger partial charge in [-0.1, -0.05) is 12.1 Å². The summed E-state index contributed by atoms with van der Waals surface area (Å²) >= 11 is 0. The van der Waals surface area contributed by atoms with E-state index in [-0.39, 0.29) is 5.91 Å². The molecule has 6 nitrogen and oxygen atoms in total. The maximum absolute atomic E-state index is 11.9. The first-order valence-corrected chi connectivity index (χ1v) is 8.53. The van der Waals surface area contributed by atoms with Gasteiger partial charge in [0.2, 0.25) is 0 Å². The quantitative estimate of drug-likeness (QED) is 0.598. The van der Waals surface area contributed by atoms with E-state index in [1.54, 1.807) is 19.0 Å². The molecule has 25 heavy (non-hydrogen) atoms. The number of hydrogen-bond donors (Lipinski definition) is 2. The summed E-state index contributed by atoms with van der Waals surface area (Å²) in [6.07, 6.45) is 4.09. The van der Waals surface area contributed by atoms with Crippen LogP contribution >= 0.6 is 0 Å². The maximum Gasteiger partial charge on any atom is 0.253 e. The van der Waals surface area contributed by atoms with Gasteiger partial charge < -0.3 is 20.1 Å². The molecule has 2 rings (SSSR count). The van der Waals surface area contributed by atoms with Crippen LogP contribution in [-0.4, -0.2) is 48.5 Å². The minimum atomic E-state index is 0.00932. The summed E-state index contributed by atoms with van der Waals surface area (Å²) in [7, 11) is 3.51. The van der Waals surface area contributed by atoms with Crippen molar-refractivity contribution in [1.29, 1.82) is 0 Å². The number of nitrogens with zero attached hydrogens (tertiary/aromatic N) is 3. The van der Waals surface area contributed by atoms with Crippen LogP contribution in [0, 0.1) is 0 Å². The monoisotopic (exact) mass is 341 g/mol. The first kappa shape index (κ1) is 18.6. The highest BCUT2D eigenvalue weighted by Gasteiger charge is 2.07. The number of rotatable bonds is 7. The molecule has 0 aliphatic carbocycles. The van der Waals surface area contributed by atoms with Crippen LogP contribution in [0.15, 0.2) is 53.8 Å². The van der Waals surface area contributed by atoms with Gasteiger partial charge in [-0.05, 0) is 36.8 Å². The molecule has 6 heteroatoms. The van der Waals surface area contributed by atoms with Gasteiger partial charge in [-0.3, -0.25) is 4.79 Å². The molecule has 0 unspecified atom stereocenters. The Hall–Kier alpha value is -2.76. The topological polar surface area (TPSA) is 61.7 Å². The van der Waals surface area contributed by atoms with E-state index >= 15 is 0 Å². The van der Waals surface area contributed by atoms with Crippen molar-refractivity contribution in [3.8, 4) is 0 Å². The fraction of sp³-hybridized carbons (Fsp3) is 0.368. The van der Waals surface area contributed by atoms with Crippen molar-refractivity contribution in [1.82, 2.24) is 20.1 Å². The highest BCUT2D eigenvalue weighted by atomic mass is 16.2. The molecule has 0 fully saturated rings. The van der Waals surface area contributed by atoms with Crippen LogP contribution in [0.5, 0.6) is 0 Å². The van der Waals surface area contributed by atoms with Crippen LogP contribution in [0.25, 0.3) is 0 Å². The summed E-state index contributed by atoms with van der Waals surface area (Å²) in [5, 5.41) is 6.58. The van der Waals surface area contributed by atoms with Gasteiger partial charge in [0, 0.05) is 51.7 Å².